The van der Waals surface area contributed by atoms with Gasteiger partial charge in [-0.25, -0.2) is 0 Å². The number of likely N-dealkylation sites (tertiary alicyclic amines) is 1. The summed E-state index contributed by atoms with van der Waals surface area (Å²) in [6.07, 6.45) is 1.97. The van der Waals surface area contributed by atoms with E-state index in [1.807, 2.05) is 13.8 Å². The third kappa shape index (κ3) is 4.84. The fraction of sp³-hybridized carbons (Fsp3) is 0.632. The van der Waals surface area contributed by atoms with E-state index in [9.17, 15) is 4.79 Å². The van der Waals surface area contributed by atoms with Crippen LogP contribution in [0, 0.1) is 5.92 Å². The predicted molar refractivity (Wildman–Crippen MR) is 90.5 cm³/mol. The summed E-state index contributed by atoms with van der Waals surface area (Å²) in [4.78, 5) is 13.9. The predicted octanol–water partition coefficient (Wildman–Crippen LogP) is 3.88. The summed E-state index contributed by atoms with van der Waals surface area (Å²) in [6, 6.07) is 8.43. The first-order chi connectivity index (χ1) is 10.5. The zero-order valence-electron chi connectivity index (χ0n) is 14.3. The van der Waals surface area contributed by atoms with Gasteiger partial charge < -0.3 is 4.74 Å². The van der Waals surface area contributed by atoms with Gasteiger partial charge in [-0.05, 0) is 36.6 Å². The number of carbonyl (C=O) groups is 1. The molecule has 122 valence electrons. The molecular weight excluding hydrogens is 274 g/mol. The highest BCUT2D eigenvalue weighted by Crippen LogP contribution is 2.22. The molecule has 0 N–H and O–H groups in total. The van der Waals surface area contributed by atoms with Gasteiger partial charge in [-0.3, -0.25) is 9.69 Å². The number of rotatable bonds is 8. The summed E-state index contributed by atoms with van der Waals surface area (Å²) in [5.41, 5.74) is 1.34. The average Bonchev–Trinajstić information content (AvgIpc) is 2.44. The molecule has 1 aliphatic rings. The van der Waals surface area contributed by atoms with E-state index in [0.717, 1.165) is 31.8 Å². The number of benzene rings is 1. The first kappa shape index (κ1) is 17.0. The Morgan fingerprint density at radius 2 is 1.82 bits per heavy atom. The third-order valence-electron chi connectivity index (χ3n) is 4.31. The number of Topliss-reactive ketones (excluding diaryl/α,β-unsaturated/α-hetero) is 1. The monoisotopic (exact) mass is 303 g/mol. The Bertz CT molecular complexity index is 473. The van der Waals surface area contributed by atoms with Gasteiger partial charge in [0.1, 0.15) is 17.6 Å². The second kappa shape index (κ2) is 7.77. The lowest BCUT2D eigenvalue weighted by atomic mass is 10.0. The van der Waals surface area contributed by atoms with E-state index in [-0.39, 0.29) is 5.92 Å². The van der Waals surface area contributed by atoms with Crippen molar-refractivity contribution in [1.29, 1.82) is 0 Å². The molecule has 0 unspecified atom stereocenters. The number of ketones is 1. The Kier molecular flexibility index (Phi) is 6.01. The van der Waals surface area contributed by atoms with Crippen molar-refractivity contribution in [3.63, 3.8) is 0 Å². The Morgan fingerprint density at radius 3 is 2.36 bits per heavy atom. The quantitative estimate of drug-likeness (QED) is 0.730. The lowest BCUT2D eigenvalue weighted by molar-refractivity contribution is -0.122. The highest BCUT2D eigenvalue weighted by atomic mass is 16.5. The van der Waals surface area contributed by atoms with Crippen LogP contribution in [0.4, 0.5) is 0 Å². The second-order valence-electron chi connectivity index (χ2n) is 6.95. The van der Waals surface area contributed by atoms with E-state index < -0.39 is 0 Å². The van der Waals surface area contributed by atoms with E-state index in [0.29, 0.717) is 24.2 Å². The van der Waals surface area contributed by atoms with Crippen molar-refractivity contribution < 1.29 is 9.53 Å². The van der Waals surface area contributed by atoms with Crippen molar-refractivity contribution >= 4 is 5.78 Å². The lowest BCUT2D eigenvalue weighted by Gasteiger charge is -2.39. The molecule has 1 heterocycles. The molecule has 1 fully saturated rings. The van der Waals surface area contributed by atoms with Crippen molar-refractivity contribution in [2.24, 2.45) is 5.92 Å². The minimum absolute atomic E-state index is 0.168. The molecule has 3 heteroatoms. The minimum atomic E-state index is 0.168. The van der Waals surface area contributed by atoms with Gasteiger partial charge in [0.2, 0.25) is 0 Å². The third-order valence-corrected chi connectivity index (χ3v) is 4.31. The molecule has 0 aromatic heterocycles. The van der Waals surface area contributed by atoms with Gasteiger partial charge in [0.05, 0.1) is 0 Å². The van der Waals surface area contributed by atoms with Gasteiger partial charge in [-0.1, -0.05) is 39.8 Å². The molecule has 0 saturated carbocycles. The van der Waals surface area contributed by atoms with Crippen LogP contribution in [-0.4, -0.2) is 36.4 Å². The van der Waals surface area contributed by atoms with Crippen LogP contribution in [0.2, 0.25) is 0 Å². The van der Waals surface area contributed by atoms with E-state index in [1.54, 1.807) is 0 Å². The fourth-order valence-electron chi connectivity index (χ4n) is 2.67. The van der Waals surface area contributed by atoms with Crippen molar-refractivity contribution in [1.82, 2.24) is 4.90 Å². The van der Waals surface area contributed by atoms with Gasteiger partial charge in [0, 0.05) is 25.4 Å². The number of ether oxygens (including phenoxy) is 1. The minimum Gasteiger partial charge on any atom is -0.488 e. The molecule has 2 rings (SSSR count). The summed E-state index contributed by atoms with van der Waals surface area (Å²) >= 11 is 0. The first-order valence-corrected chi connectivity index (χ1v) is 8.47. The Morgan fingerprint density at radius 1 is 1.18 bits per heavy atom. The van der Waals surface area contributed by atoms with Gasteiger partial charge in [-0.2, -0.15) is 0 Å². The number of hydrogen-bond acceptors (Lipinski definition) is 3. The molecule has 0 bridgehead atoms. The SMILES string of the molecule is CC(C)C(=O)CCCN1CC(Oc2ccc(C(C)C)cc2)C1. The van der Waals surface area contributed by atoms with Crippen LogP contribution in [0.1, 0.15) is 52.0 Å². The van der Waals surface area contributed by atoms with Crippen LogP contribution in [0.15, 0.2) is 24.3 Å². The molecule has 3 nitrogen and oxygen atoms in total. The van der Waals surface area contributed by atoms with Crippen LogP contribution < -0.4 is 4.74 Å². The first-order valence-electron chi connectivity index (χ1n) is 8.47. The molecule has 0 aliphatic carbocycles. The normalized spacial score (nSPS) is 16.1. The maximum Gasteiger partial charge on any atom is 0.135 e. The zero-order chi connectivity index (χ0) is 16.1. The second-order valence-corrected chi connectivity index (χ2v) is 6.95. The summed E-state index contributed by atoms with van der Waals surface area (Å²) in [6.45, 7) is 11.3. The zero-order valence-corrected chi connectivity index (χ0v) is 14.3. The highest BCUT2D eigenvalue weighted by Gasteiger charge is 2.27. The molecule has 0 atom stereocenters. The van der Waals surface area contributed by atoms with Crippen LogP contribution in [-0.2, 0) is 4.79 Å². The topological polar surface area (TPSA) is 29.5 Å². The number of nitrogens with zero attached hydrogens (tertiary/aromatic N) is 1. The smallest absolute Gasteiger partial charge is 0.135 e. The average molecular weight is 303 g/mol. The van der Waals surface area contributed by atoms with Crippen molar-refractivity contribution in [3.05, 3.63) is 29.8 Å². The summed E-state index contributed by atoms with van der Waals surface area (Å²) in [5, 5.41) is 0. The maximum atomic E-state index is 11.6. The van der Waals surface area contributed by atoms with Gasteiger partial charge in [0.25, 0.3) is 0 Å². The molecule has 0 spiro atoms. The lowest BCUT2D eigenvalue weighted by Crippen LogP contribution is -2.53. The van der Waals surface area contributed by atoms with Crippen LogP contribution in [0.25, 0.3) is 0 Å². The van der Waals surface area contributed by atoms with Gasteiger partial charge >= 0.3 is 0 Å². The molecule has 1 aliphatic heterocycles. The molecule has 0 amide bonds. The van der Waals surface area contributed by atoms with E-state index in [2.05, 4.69) is 43.0 Å². The molecule has 22 heavy (non-hydrogen) atoms. The van der Waals surface area contributed by atoms with Crippen molar-refractivity contribution in [3.8, 4) is 5.75 Å². The summed E-state index contributed by atoms with van der Waals surface area (Å²) in [5.74, 6) is 2.06. The Labute approximate surface area is 134 Å². The van der Waals surface area contributed by atoms with Gasteiger partial charge in [0.15, 0.2) is 0 Å². The molecule has 1 saturated heterocycles. The van der Waals surface area contributed by atoms with Crippen LogP contribution >= 0.6 is 0 Å². The Hall–Kier alpha value is -1.35. The van der Waals surface area contributed by atoms with E-state index in [1.165, 1.54) is 5.56 Å². The molecular formula is C19H29NO2. The molecule has 1 aromatic carbocycles. The van der Waals surface area contributed by atoms with Crippen molar-refractivity contribution in [2.45, 2.75) is 52.6 Å². The standard InChI is InChI=1S/C19H29NO2/c1-14(2)16-7-9-17(10-8-16)22-18-12-20(13-18)11-5-6-19(21)15(3)4/h7-10,14-15,18H,5-6,11-13H2,1-4H3. The van der Waals surface area contributed by atoms with E-state index >= 15 is 0 Å². The largest absolute Gasteiger partial charge is 0.488 e. The maximum absolute atomic E-state index is 11.6. The van der Waals surface area contributed by atoms with Crippen LogP contribution in [0.3, 0.4) is 0 Å². The van der Waals surface area contributed by atoms with Gasteiger partial charge in [-0.15, -0.1) is 0 Å². The number of hydrogen-bond donors (Lipinski definition) is 0. The Balaban J connectivity index is 1.64. The van der Waals surface area contributed by atoms with Crippen molar-refractivity contribution in [2.75, 3.05) is 19.6 Å². The highest BCUT2D eigenvalue weighted by molar-refractivity contribution is 5.80. The summed E-state index contributed by atoms with van der Waals surface area (Å²) in [7, 11) is 0. The summed E-state index contributed by atoms with van der Waals surface area (Å²) < 4.78 is 5.97. The molecule has 0 radical (unpaired) electrons. The fourth-order valence-corrected chi connectivity index (χ4v) is 2.67. The van der Waals surface area contributed by atoms with E-state index in [4.69, 9.17) is 4.74 Å². The number of carbonyl (C=O) groups excluding carboxylic acids is 1. The van der Waals surface area contributed by atoms with Crippen LogP contribution in [0.5, 0.6) is 5.75 Å². The molecule has 1 aromatic rings.